The van der Waals surface area contributed by atoms with E-state index in [1.807, 2.05) is 20.8 Å². The molecule has 0 aromatic heterocycles. The topological polar surface area (TPSA) is 55.4 Å². The van der Waals surface area contributed by atoms with E-state index in [1.54, 1.807) is 0 Å². The summed E-state index contributed by atoms with van der Waals surface area (Å²) in [5.41, 5.74) is 0.622. The van der Waals surface area contributed by atoms with Gasteiger partial charge in [0, 0.05) is 19.3 Å². The van der Waals surface area contributed by atoms with Gasteiger partial charge in [-0.1, -0.05) is 33.6 Å². The summed E-state index contributed by atoms with van der Waals surface area (Å²) < 4.78 is 6.52. The van der Waals surface area contributed by atoms with Crippen LogP contribution in [0.3, 0.4) is 0 Å². The average Bonchev–Trinajstić information content (AvgIpc) is 3.54. The second-order valence-corrected chi connectivity index (χ2v) is 17.0. The zero-order valence-electron chi connectivity index (χ0n) is 27.9. The van der Waals surface area contributed by atoms with Gasteiger partial charge in [-0.25, -0.2) is 0 Å². The van der Waals surface area contributed by atoms with Crippen LogP contribution in [-0.2, 0) is 14.3 Å². The number of ether oxygens (including phenoxy) is 1. The number of hydrogen-bond acceptors (Lipinski definition) is 3. The summed E-state index contributed by atoms with van der Waals surface area (Å²) in [6.07, 6.45) is 18.6. The number of nitrogens with zero attached hydrogens (tertiary/aromatic N) is 1. The lowest BCUT2D eigenvalue weighted by Crippen LogP contribution is -3.00. The first-order valence-corrected chi connectivity index (χ1v) is 17.7. The zero-order valence-corrected chi connectivity index (χ0v) is 28.7. The third-order valence-corrected chi connectivity index (χ3v) is 13.7. The molecule has 1 heterocycles. The van der Waals surface area contributed by atoms with Crippen LogP contribution in [-0.4, -0.2) is 49.3 Å². The molecule has 1 aliphatic heterocycles. The molecule has 5 rings (SSSR count). The van der Waals surface area contributed by atoms with E-state index in [0.717, 1.165) is 60.1 Å². The highest BCUT2D eigenvalue weighted by Crippen LogP contribution is 2.68. The quantitative estimate of drug-likeness (QED) is 0.305. The highest BCUT2D eigenvalue weighted by atomic mass is 35.5. The Kier molecular flexibility index (Phi) is 10.8. The number of nitrogens with one attached hydrogen (secondary N) is 1. The summed E-state index contributed by atoms with van der Waals surface area (Å²) in [5.74, 6) is 5.29. The molecule has 242 valence electrons. The predicted molar refractivity (Wildman–Crippen MR) is 166 cm³/mol. The van der Waals surface area contributed by atoms with Gasteiger partial charge in [-0.2, -0.15) is 0 Å². The first kappa shape index (κ1) is 34.1. The number of carbonyl (C=O) groups is 2. The van der Waals surface area contributed by atoms with Crippen molar-refractivity contribution in [3.63, 3.8) is 0 Å². The summed E-state index contributed by atoms with van der Waals surface area (Å²) >= 11 is 0. The highest BCUT2D eigenvalue weighted by molar-refractivity contribution is 5.76. The molecule has 1 unspecified atom stereocenters. The van der Waals surface area contributed by atoms with Gasteiger partial charge in [-0.15, -0.1) is 0 Å². The number of rotatable bonds is 9. The van der Waals surface area contributed by atoms with Gasteiger partial charge in [-0.05, 0) is 125 Å². The van der Waals surface area contributed by atoms with E-state index < -0.39 is 5.41 Å². The monoisotopic (exact) mass is 606 g/mol. The average molecular weight is 607 g/mol. The van der Waals surface area contributed by atoms with Crippen LogP contribution in [0.2, 0.25) is 0 Å². The summed E-state index contributed by atoms with van der Waals surface area (Å²) in [6, 6.07) is 0. The Morgan fingerprint density at radius 1 is 0.905 bits per heavy atom. The number of hydrogen-bond donors (Lipinski definition) is 1. The molecule has 0 aromatic rings. The van der Waals surface area contributed by atoms with Crippen molar-refractivity contribution in [3.8, 4) is 0 Å². The molecule has 1 N–H and O–H groups in total. The fraction of sp³-hybridized carbons (Fsp3) is 0.944. The van der Waals surface area contributed by atoms with Gasteiger partial charge in [0.15, 0.2) is 0 Å². The number of likely N-dealkylation sites (tertiary alicyclic amines) is 1. The largest absolute Gasteiger partial charge is 1.00 e. The van der Waals surface area contributed by atoms with Crippen molar-refractivity contribution in [1.29, 1.82) is 0 Å². The molecule has 4 aliphatic carbocycles. The minimum atomic E-state index is -0.475. The van der Waals surface area contributed by atoms with Crippen molar-refractivity contribution < 1.29 is 31.2 Å². The van der Waals surface area contributed by atoms with Gasteiger partial charge in [0.2, 0.25) is 12.6 Å². The molecular weight excluding hydrogens is 544 g/mol. The molecule has 5 aliphatic rings. The Labute approximate surface area is 264 Å². The molecule has 0 bridgehead atoms. The second-order valence-electron chi connectivity index (χ2n) is 17.0. The Hall–Kier alpha value is -0.810. The molecule has 5 nitrogen and oxygen atoms in total. The molecular formula is C36H63ClN2O3. The Morgan fingerprint density at radius 2 is 1.62 bits per heavy atom. The number of quaternary nitrogens is 1. The molecule has 1 amide bonds. The standard InChI is InChI=1S/C36H62N2O3.ClH/c1-26(12-17-32(39)37-21-24-38(22-9-10-23-38)25-41-33(40)34(2,3)4)29-15-16-30-28-14-13-27-11-7-8-19-35(27,5)31(28)18-20-36(29,30)6;/h26-31H,7-25H2,1-6H3;1H/t26-,27?,28+,29-,30+,31+,35+,36-;/m1./s1. The van der Waals surface area contributed by atoms with Crippen LogP contribution >= 0.6 is 0 Å². The molecule has 0 aromatic carbocycles. The second kappa shape index (κ2) is 13.3. The van der Waals surface area contributed by atoms with Crippen molar-refractivity contribution in [2.24, 2.45) is 51.8 Å². The van der Waals surface area contributed by atoms with Crippen LogP contribution in [0.1, 0.15) is 131 Å². The van der Waals surface area contributed by atoms with Crippen LogP contribution in [0.4, 0.5) is 0 Å². The van der Waals surface area contributed by atoms with Gasteiger partial charge >= 0.3 is 5.97 Å². The smallest absolute Gasteiger partial charge is 0.315 e. The predicted octanol–water partition coefficient (Wildman–Crippen LogP) is 4.73. The van der Waals surface area contributed by atoms with Crippen LogP contribution in [0, 0.1) is 51.8 Å². The zero-order chi connectivity index (χ0) is 29.5. The minimum Gasteiger partial charge on any atom is -1.00 e. The van der Waals surface area contributed by atoms with Gasteiger partial charge in [0.25, 0.3) is 0 Å². The van der Waals surface area contributed by atoms with E-state index in [9.17, 15) is 9.59 Å². The van der Waals surface area contributed by atoms with Crippen LogP contribution < -0.4 is 17.7 Å². The SMILES string of the molecule is C[C@H](CCC(=O)NCC[N+]1(COC(=O)C(C)(C)C)CCCC1)[C@H]1CC[C@H]2[C@@H]3CCC4CCCC[C@]4(C)[C@H]3CC[C@]12C.[Cl-]. The molecule has 6 heteroatoms. The van der Waals surface area contributed by atoms with Gasteiger partial charge in [0.05, 0.1) is 31.6 Å². The normalized spacial score (nSPS) is 37.9. The maximum Gasteiger partial charge on any atom is 0.315 e. The summed E-state index contributed by atoms with van der Waals surface area (Å²) in [4.78, 5) is 25.3. The third-order valence-electron chi connectivity index (χ3n) is 13.7. The lowest BCUT2D eigenvalue weighted by Gasteiger charge is -2.61. The first-order chi connectivity index (χ1) is 19.4. The molecule has 0 spiro atoms. The molecule has 1 saturated heterocycles. The van der Waals surface area contributed by atoms with Crippen molar-refractivity contribution in [2.45, 2.75) is 131 Å². The van der Waals surface area contributed by atoms with E-state index in [-0.39, 0.29) is 24.3 Å². The fourth-order valence-electron chi connectivity index (χ4n) is 11.2. The summed E-state index contributed by atoms with van der Waals surface area (Å²) in [7, 11) is 0. The number of carbonyl (C=O) groups excluding carboxylic acids is 2. The minimum absolute atomic E-state index is 0. The van der Waals surface area contributed by atoms with Crippen molar-refractivity contribution >= 4 is 11.9 Å². The lowest BCUT2D eigenvalue weighted by atomic mass is 9.44. The van der Waals surface area contributed by atoms with E-state index >= 15 is 0 Å². The lowest BCUT2D eigenvalue weighted by molar-refractivity contribution is -0.931. The number of esters is 1. The molecule has 5 fully saturated rings. The number of amides is 1. The molecule has 4 saturated carbocycles. The van der Waals surface area contributed by atoms with Gasteiger partial charge in [0.1, 0.15) is 0 Å². The van der Waals surface area contributed by atoms with Crippen molar-refractivity contribution in [2.75, 3.05) is 32.9 Å². The van der Waals surface area contributed by atoms with Gasteiger partial charge in [-0.3, -0.25) is 14.1 Å². The molecule has 0 radical (unpaired) electrons. The fourth-order valence-corrected chi connectivity index (χ4v) is 11.2. The maximum absolute atomic E-state index is 13.0. The molecule has 8 atom stereocenters. The van der Waals surface area contributed by atoms with E-state index in [4.69, 9.17) is 4.74 Å². The van der Waals surface area contributed by atoms with Crippen LogP contribution in [0.25, 0.3) is 0 Å². The van der Waals surface area contributed by atoms with Gasteiger partial charge < -0.3 is 22.5 Å². The van der Waals surface area contributed by atoms with E-state index in [1.165, 1.54) is 77.0 Å². The van der Waals surface area contributed by atoms with E-state index in [0.29, 0.717) is 36.4 Å². The van der Waals surface area contributed by atoms with Crippen LogP contribution in [0.5, 0.6) is 0 Å². The van der Waals surface area contributed by atoms with Crippen molar-refractivity contribution in [3.05, 3.63) is 0 Å². The van der Waals surface area contributed by atoms with E-state index in [2.05, 4.69) is 26.1 Å². The number of fused-ring (bicyclic) bond motifs is 5. The highest BCUT2D eigenvalue weighted by Gasteiger charge is 2.60. The summed E-state index contributed by atoms with van der Waals surface area (Å²) in [5, 5.41) is 3.24. The first-order valence-electron chi connectivity index (χ1n) is 17.7. The Balaban J connectivity index is 0.00000405. The van der Waals surface area contributed by atoms with Crippen molar-refractivity contribution in [1.82, 2.24) is 5.32 Å². The molecule has 42 heavy (non-hydrogen) atoms. The maximum atomic E-state index is 13.0. The number of halogens is 1. The third kappa shape index (κ3) is 6.73. The summed E-state index contributed by atoms with van der Waals surface area (Å²) in [6.45, 7) is 17.5. The van der Waals surface area contributed by atoms with Crippen LogP contribution in [0.15, 0.2) is 0 Å². The Morgan fingerprint density at radius 3 is 2.33 bits per heavy atom. The Bertz CT molecular complexity index is 942.